The van der Waals surface area contributed by atoms with Crippen molar-refractivity contribution in [3.05, 3.63) is 64.2 Å². The minimum Gasteiger partial charge on any atom is -0.343 e. The van der Waals surface area contributed by atoms with E-state index in [4.69, 9.17) is 4.99 Å². The highest BCUT2D eigenvalue weighted by molar-refractivity contribution is 5.78. The largest absolute Gasteiger partial charge is 0.416 e. The van der Waals surface area contributed by atoms with Crippen LogP contribution in [0, 0.1) is 13.8 Å². The average Bonchev–Trinajstić information content (AvgIpc) is 2.81. The first kappa shape index (κ1) is 25.8. The Morgan fingerprint density at radius 1 is 1.19 bits per heavy atom. The lowest BCUT2D eigenvalue weighted by molar-refractivity contribution is -0.138. The number of fused-ring (bicyclic) bond motifs is 1. The third-order valence-corrected chi connectivity index (χ3v) is 7.15. The molecule has 1 amide bonds. The Bertz CT molecular complexity index is 1390. The third-order valence-electron chi connectivity index (χ3n) is 7.15. The number of carbonyl (C=O) groups excluding carboxylic acids is 1. The first-order valence-corrected chi connectivity index (χ1v) is 11.8. The fourth-order valence-corrected chi connectivity index (χ4v) is 4.80. The summed E-state index contributed by atoms with van der Waals surface area (Å²) in [6, 6.07) is 5.08. The molecule has 1 saturated heterocycles. The number of likely N-dealkylation sites (tertiary alicyclic amines) is 1. The summed E-state index contributed by atoms with van der Waals surface area (Å²) in [5.41, 5.74) is -0.600. The summed E-state index contributed by atoms with van der Waals surface area (Å²) in [6.45, 7) is 7.02. The Kier molecular flexibility index (Phi) is 6.66. The number of aromatic nitrogens is 3. The Morgan fingerprint density at radius 3 is 2.47 bits per heavy atom. The van der Waals surface area contributed by atoms with Crippen molar-refractivity contribution >= 4 is 16.8 Å². The SMILES string of the molecule is CC(=O)N1CCC(F)(c2cc3/c(=N/C(C)c4cccc(C(F)(F)F)c4C)nc(C)n(C)c3cn2)CC1. The minimum atomic E-state index is -4.46. The van der Waals surface area contributed by atoms with Crippen molar-refractivity contribution in [2.45, 2.75) is 58.4 Å². The second-order valence-corrected chi connectivity index (χ2v) is 9.42. The number of rotatable bonds is 3. The van der Waals surface area contributed by atoms with E-state index in [2.05, 4.69) is 9.97 Å². The Labute approximate surface area is 206 Å². The van der Waals surface area contributed by atoms with E-state index in [0.29, 0.717) is 40.9 Å². The number of benzene rings is 1. The van der Waals surface area contributed by atoms with Gasteiger partial charge in [-0.05, 0) is 44.0 Å². The molecule has 1 atom stereocenters. The first-order valence-electron chi connectivity index (χ1n) is 11.8. The van der Waals surface area contributed by atoms with Gasteiger partial charge in [-0.15, -0.1) is 0 Å². The number of hydrogen-bond acceptors (Lipinski definition) is 4. The maximum atomic E-state index is 16.0. The van der Waals surface area contributed by atoms with E-state index in [-0.39, 0.29) is 30.0 Å². The van der Waals surface area contributed by atoms with Gasteiger partial charge in [0.25, 0.3) is 0 Å². The van der Waals surface area contributed by atoms with Crippen molar-refractivity contribution in [1.82, 2.24) is 19.4 Å². The number of halogens is 4. The molecular formula is C26H29F4N5O. The van der Waals surface area contributed by atoms with Gasteiger partial charge in [0.05, 0.1) is 29.0 Å². The molecule has 192 valence electrons. The van der Waals surface area contributed by atoms with Crippen LogP contribution in [0.5, 0.6) is 0 Å². The van der Waals surface area contributed by atoms with Crippen molar-refractivity contribution in [1.29, 1.82) is 0 Å². The Balaban J connectivity index is 1.82. The average molecular weight is 504 g/mol. The van der Waals surface area contributed by atoms with Crippen molar-refractivity contribution in [2.24, 2.45) is 12.0 Å². The summed E-state index contributed by atoms with van der Waals surface area (Å²) < 4.78 is 58.1. The summed E-state index contributed by atoms with van der Waals surface area (Å²) in [5, 5.41) is 0.565. The third kappa shape index (κ3) is 4.73. The van der Waals surface area contributed by atoms with Gasteiger partial charge in [-0.1, -0.05) is 12.1 Å². The smallest absolute Gasteiger partial charge is 0.343 e. The molecule has 10 heteroatoms. The number of piperidine rings is 1. The Morgan fingerprint density at radius 2 is 1.86 bits per heavy atom. The molecule has 1 unspecified atom stereocenters. The number of alkyl halides is 4. The van der Waals surface area contributed by atoms with Crippen LogP contribution in [0.2, 0.25) is 0 Å². The summed E-state index contributed by atoms with van der Waals surface area (Å²) in [6.07, 6.45) is -2.63. The number of hydrogen-bond donors (Lipinski definition) is 0. The fourth-order valence-electron chi connectivity index (χ4n) is 4.80. The van der Waals surface area contributed by atoms with Gasteiger partial charge in [-0.3, -0.25) is 14.8 Å². The van der Waals surface area contributed by atoms with E-state index in [9.17, 15) is 18.0 Å². The van der Waals surface area contributed by atoms with Crippen molar-refractivity contribution in [2.75, 3.05) is 13.1 Å². The lowest BCUT2D eigenvalue weighted by Gasteiger charge is -2.35. The maximum Gasteiger partial charge on any atom is 0.416 e. The number of carbonyl (C=O) groups is 1. The van der Waals surface area contributed by atoms with Crippen molar-refractivity contribution in [3.63, 3.8) is 0 Å². The molecular weight excluding hydrogens is 474 g/mol. The number of nitrogens with zero attached hydrogens (tertiary/aromatic N) is 5. The predicted octanol–water partition coefficient (Wildman–Crippen LogP) is 5.07. The second-order valence-electron chi connectivity index (χ2n) is 9.42. The van der Waals surface area contributed by atoms with Crippen LogP contribution in [0.3, 0.4) is 0 Å². The topological polar surface area (TPSA) is 63.4 Å². The zero-order valence-electron chi connectivity index (χ0n) is 20.9. The molecule has 4 rings (SSSR count). The van der Waals surface area contributed by atoms with Gasteiger partial charge in [-0.2, -0.15) is 13.2 Å². The molecule has 0 saturated carbocycles. The standard InChI is InChI=1S/C26H29F4N5O/c1-15-19(7-6-8-21(15)26(28,29)30)16(2)32-24-20-13-23(31-14-22(20)34(5)17(3)33-24)25(27)9-11-35(12-10-25)18(4)36/h6-8,13-14,16H,9-12H2,1-5H3/b32-24-. The van der Waals surface area contributed by atoms with Gasteiger partial charge in [-0.25, -0.2) is 9.37 Å². The van der Waals surface area contributed by atoms with Crippen LogP contribution in [-0.2, 0) is 23.7 Å². The van der Waals surface area contributed by atoms with Crippen LogP contribution in [0.4, 0.5) is 17.6 Å². The van der Waals surface area contributed by atoms with E-state index >= 15 is 4.39 Å². The Hall–Kier alpha value is -3.30. The summed E-state index contributed by atoms with van der Waals surface area (Å²) in [7, 11) is 1.81. The molecule has 1 aromatic carbocycles. The molecule has 3 aromatic rings. The molecule has 36 heavy (non-hydrogen) atoms. The van der Waals surface area contributed by atoms with E-state index < -0.39 is 23.5 Å². The fraction of sp³-hybridized carbons (Fsp3) is 0.462. The molecule has 0 radical (unpaired) electrons. The molecule has 1 aliphatic heterocycles. The monoisotopic (exact) mass is 503 g/mol. The van der Waals surface area contributed by atoms with Gasteiger partial charge in [0, 0.05) is 45.3 Å². The molecule has 1 aliphatic rings. The number of amides is 1. The lowest BCUT2D eigenvalue weighted by Crippen LogP contribution is -2.42. The minimum absolute atomic E-state index is 0.0878. The van der Waals surface area contributed by atoms with E-state index in [0.717, 1.165) is 6.07 Å². The second kappa shape index (κ2) is 9.29. The molecule has 1 fully saturated rings. The van der Waals surface area contributed by atoms with Gasteiger partial charge in [0.2, 0.25) is 5.91 Å². The van der Waals surface area contributed by atoms with E-state index in [1.807, 2.05) is 11.6 Å². The molecule has 0 N–H and O–H groups in total. The maximum absolute atomic E-state index is 16.0. The van der Waals surface area contributed by atoms with Crippen LogP contribution in [0.15, 0.2) is 35.5 Å². The van der Waals surface area contributed by atoms with Crippen LogP contribution in [-0.4, -0.2) is 38.4 Å². The molecule has 6 nitrogen and oxygen atoms in total. The number of aryl methyl sites for hydroxylation is 2. The highest BCUT2D eigenvalue weighted by Gasteiger charge is 2.38. The molecule has 0 spiro atoms. The molecule has 0 aliphatic carbocycles. The zero-order chi connectivity index (χ0) is 26.4. The van der Waals surface area contributed by atoms with Gasteiger partial charge in [0.1, 0.15) is 5.82 Å². The van der Waals surface area contributed by atoms with Crippen LogP contribution >= 0.6 is 0 Å². The van der Waals surface area contributed by atoms with Crippen molar-refractivity contribution in [3.8, 4) is 0 Å². The lowest BCUT2D eigenvalue weighted by atomic mass is 9.89. The zero-order valence-corrected chi connectivity index (χ0v) is 20.9. The van der Waals surface area contributed by atoms with Crippen LogP contribution in [0.25, 0.3) is 10.9 Å². The predicted molar refractivity (Wildman–Crippen MR) is 128 cm³/mol. The van der Waals surface area contributed by atoms with Gasteiger partial charge >= 0.3 is 6.18 Å². The van der Waals surface area contributed by atoms with Crippen molar-refractivity contribution < 1.29 is 22.4 Å². The van der Waals surface area contributed by atoms with Crippen LogP contribution < -0.4 is 5.49 Å². The summed E-state index contributed by atoms with van der Waals surface area (Å²) in [5.74, 6) is 0.545. The molecule has 3 heterocycles. The highest BCUT2D eigenvalue weighted by atomic mass is 19.4. The van der Waals surface area contributed by atoms with Gasteiger partial charge < -0.3 is 9.47 Å². The van der Waals surface area contributed by atoms with E-state index in [1.165, 1.54) is 19.9 Å². The molecule has 2 aromatic heterocycles. The van der Waals surface area contributed by atoms with E-state index in [1.54, 1.807) is 37.1 Å². The first-order chi connectivity index (χ1) is 16.8. The molecule has 0 bridgehead atoms. The highest BCUT2D eigenvalue weighted by Crippen LogP contribution is 2.37. The van der Waals surface area contributed by atoms with Crippen LogP contribution in [0.1, 0.15) is 60.9 Å². The summed E-state index contributed by atoms with van der Waals surface area (Å²) >= 11 is 0. The normalized spacial score (nSPS) is 17.5. The van der Waals surface area contributed by atoms with Gasteiger partial charge in [0.15, 0.2) is 11.2 Å². The number of pyridine rings is 1. The summed E-state index contributed by atoms with van der Waals surface area (Å²) in [4.78, 5) is 27.0. The quantitative estimate of drug-likeness (QED) is 0.469.